The summed E-state index contributed by atoms with van der Waals surface area (Å²) in [6, 6.07) is 11.5. The molecule has 1 aromatic carbocycles. The van der Waals surface area contributed by atoms with E-state index in [2.05, 4.69) is 78.6 Å². The average molecular weight is 373 g/mol. The van der Waals surface area contributed by atoms with Crippen LogP contribution in [0.15, 0.2) is 35.3 Å². The highest BCUT2D eigenvalue weighted by Gasteiger charge is 2.59. The molecule has 1 aromatic rings. The molecule has 1 heterocycles. The number of hydrogen-bond acceptors (Lipinski definition) is 3. The Morgan fingerprint density at radius 2 is 1.96 bits per heavy atom. The number of nitrogens with zero attached hydrogens (tertiary/aromatic N) is 2. The van der Waals surface area contributed by atoms with Gasteiger partial charge in [0.15, 0.2) is 5.96 Å². The van der Waals surface area contributed by atoms with Crippen LogP contribution in [-0.2, 0) is 4.74 Å². The van der Waals surface area contributed by atoms with Crippen molar-refractivity contribution in [3.8, 4) is 0 Å². The lowest BCUT2D eigenvalue weighted by atomic mass is 9.57. The highest BCUT2D eigenvalue weighted by Crippen LogP contribution is 2.52. The van der Waals surface area contributed by atoms with Crippen LogP contribution in [0.1, 0.15) is 45.7 Å². The Kier molecular flexibility index (Phi) is 6.43. The minimum absolute atomic E-state index is 0.149. The van der Waals surface area contributed by atoms with E-state index in [1.54, 1.807) is 0 Å². The van der Waals surface area contributed by atoms with Gasteiger partial charge in [-0.25, -0.2) is 0 Å². The van der Waals surface area contributed by atoms with Gasteiger partial charge in [-0.15, -0.1) is 0 Å². The molecule has 1 aliphatic carbocycles. The first-order valence-electron chi connectivity index (χ1n) is 10.4. The highest BCUT2D eigenvalue weighted by atomic mass is 16.5. The lowest BCUT2D eigenvalue weighted by Gasteiger charge is -2.55. The molecule has 0 radical (unpaired) electrons. The van der Waals surface area contributed by atoms with E-state index in [4.69, 9.17) is 4.74 Å². The topological polar surface area (TPSA) is 48.9 Å². The summed E-state index contributed by atoms with van der Waals surface area (Å²) in [5.74, 6) is 1.50. The predicted octanol–water partition coefficient (Wildman–Crippen LogP) is 3.05. The molecule has 0 bridgehead atoms. The van der Waals surface area contributed by atoms with Crippen LogP contribution in [0.5, 0.6) is 0 Å². The first-order chi connectivity index (χ1) is 13.0. The fourth-order valence-electron chi connectivity index (χ4n) is 4.95. The second kappa shape index (κ2) is 8.61. The molecule has 4 atom stereocenters. The maximum Gasteiger partial charge on any atom is 0.191 e. The van der Waals surface area contributed by atoms with E-state index in [0.29, 0.717) is 24.1 Å². The average Bonchev–Trinajstić information content (AvgIpc) is 3.15. The van der Waals surface area contributed by atoms with Crippen molar-refractivity contribution in [3.05, 3.63) is 35.9 Å². The van der Waals surface area contributed by atoms with E-state index in [0.717, 1.165) is 38.6 Å². The van der Waals surface area contributed by atoms with E-state index in [1.807, 2.05) is 7.05 Å². The number of rotatable bonds is 7. The largest absolute Gasteiger partial charge is 0.377 e. The van der Waals surface area contributed by atoms with Gasteiger partial charge in [-0.1, -0.05) is 58.0 Å². The Labute approximate surface area is 164 Å². The molecule has 27 heavy (non-hydrogen) atoms. The lowest BCUT2D eigenvalue weighted by molar-refractivity contribution is -0.106. The van der Waals surface area contributed by atoms with Gasteiger partial charge in [-0.2, -0.15) is 0 Å². The zero-order chi connectivity index (χ0) is 19.4. The van der Waals surface area contributed by atoms with Crippen LogP contribution in [-0.4, -0.2) is 56.3 Å². The molecule has 4 unspecified atom stereocenters. The molecule has 0 spiro atoms. The Balaban J connectivity index is 1.65. The third-order valence-electron chi connectivity index (χ3n) is 6.52. The van der Waals surface area contributed by atoms with Crippen molar-refractivity contribution in [2.45, 2.75) is 52.3 Å². The van der Waals surface area contributed by atoms with Crippen molar-refractivity contribution in [1.29, 1.82) is 0 Å². The van der Waals surface area contributed by atoms with Crippen LogP contribution in [0.3, 0.4) is 0 Å². The van der Waals surface area contributed by atoms with Crippen LogP contribution >= 0.6 is 0 Å². The van der Waals surface area contributed by atoms with Crippen LogP contribution in [0.2, 0.25) is 0 Å². The third kappa shape index (κ3) is 3.99. The molecule has 2 N–H and O–H groups in total. The SMILES string of the molecule is CCN(CC)C(CNC(=NC)NC1C2CCOC2C1(C)C)c1ccccc1. The molecule has 5 nitrogen and oxygen atoms in total. The summed E-state index contributed by atoms with van der Waals surface area (Å²) in [6.07, 6.45) is 1.54. The van der Waals surface area contributed by atoms with E-state index >= 15 is 0 Å². The third-order valence-corrected chi connectivity index (χ3v) is 6.52. The Bertz CT molecular complexity index is 626. The van der Waals surface area contributed by atoms with Gasteiger partial charge in [-0.3, -0.25) is 9.89 Å². The number of fused-ring (bicyclic) bond motifs is 1. The number of likely N-dealkylation sites (N-methyl/N-ethyl adjacent to an activating group) is 1. The Morgan fingerprint density at radius 1 is 1.26 bits per heavy atom. The van der Waals surface area contributed by atoms with Gasteiger partial charge >= 0.3 is 0 Å². The maximum absolute atomic E-state index is 5.92. The first kappa shape index (κ1) is 20.2. The summed E-state index contributed by atoms with van der Waals surface area (Å²) in [5, 5.41) is 7.28. The van der Waals surface area contributed by atoms with Gasteiger partial charge in [0.2, 0.25) is 0 Å². The molecule has 1 saturated heterocycles. The molecule has 150 valence electrons. The molecule has 0 aromatic heterocycles. The van der Waals surface area contributed by atoms with Crippen molar-refractivity contribution in [2.24, 2.45) is 16.3 Å². The standard InChI is InChI=1S/C22H36N4O/c1-6-26(7-2)18(16-11-9-8-10-12-16)15-24-21(23-5)25-19-17-13-14-27-20(17)22(19,3)4/h8-12,17-20H,6-7,13-15H2,1-5H3,(H2,23,24,25). The smallest absolute Gasteiger partial charge is 0.191 e. The number of ether oxygens (including phenoxy) is 1. The van der Waals surface area contributed by atoms with Crippen molar-refractivity contribution in [3.63, 3.8) is 0 Å². The van der Waals surface area contributed by atoms with E-state index in [-0.39, 0.29) is 5.41 Å². The summed E-state index contributed by atoms with van der Waals surface area (Å²) in [6.45, 7) is 12.8. The number of guanidine groups is 1. The molecule has 2 fully saturated rings. The van der Waals surface area contributed by atoms with Gasteiger partial charge in [0.25, 0.3) is 0 Å². The minimum atomic E-state index is 0.149. The fourth-order valence-corrected chi connectivity index (χ4v) is 4.95. The van der Waals surface area contributed by atoms with Crippen molar-refractivity contribution in [2.75, 3.05) is 33.3 Å². The zero-order valence-corrected chi connectivity index (χ0v) is 17.5. The van der Waals surface area contributed by atoms with Gasteiger partial charge < -0.3 is 15.4 Å². The molecular formula is C22H36N4O. The molecule has 0 amide bonds. The zero-order valence-electron chi connectivity index (χ0n) is 17.5. The van der Waals surface area contributed by atoms with Gasteiger partial charge in [0, 0.05) is 37.6 Å². The van der Waals surface area contributed by atoms with Crippen molar-refractivity contribution in [1.82, 2.24) is 15.5 Å². The molecule has 5 heteroatoms. The molecule has 2 aliphatic rings. The van der Waals surface area contributed by atoms with E-state index in [9.17, 15) is 0 Å². The molecule has 1 aliphatic heterocycles. The number of nitrogens with one attached hydrogen (secondary N) is 2. The van der Waals surface area contributed by atoms with E-state index < -0.39 is 0 Å². The second-order valence-electron chi connectivity index (χ2n) is 8.29. The highest BCUT2D eigenvalue weighted by molar-refractivity contribution is 5.80. The fraction of sp³-hybridized carbons (Fsp3) is 0.682. The Morgan fingerprint density at radius 3 is 2.59 bits per heavy atom. The minimum Gasteiger partial charge on any atom is -0.377 e. The normalized spacial score (nSPS) is 27.8. The summed E-state index contributed by atoms with van der Waals surface area (Å²) < 4.78 is 5.92. The first-order valence-corrected chi connectivity index (χ1v) is 10.4. The number of hydrogen-bond donors (Lipinski definition) is 2. The maximum atomic E-state index is 5.92. The summed E-state index contributed by atoms with van der Waals surface area (Å²) in [4.78, 5) is 6.99. The monoisotopic (exact) mass is 372 g/mol. The van der Waals surface area contributed by atoms with Crippen molar-refractivity contribution < 1.29 is 4.74 Å². The lowest BCUT2D eigenvalue weighted by Crippen LogP contribution is -2.68. The van der Waals surface area contributed by atoms with Crippen molar-refractivity contribution >= 4 is 5.96 Å². The summed E-state index contributed by atoms with van der Waals surface area (Å²) in [5.41, 5.74) is 1.49. The molecular weight excluding hydrogens is 336 g/mol. The van der Waals surface area contributed by atoms with Gasteiger partial charge in [-0.05, 0) is 25.1 Å². The van der Waals surface area contributed by atoms with Crippen LogP contribution in [0.25, 0.3) is 0 Å². The molecule has 3 rings (SSSR count). The van der Waals surface area contributed by atoms with Gasteiger partial charge in [0.1, 0.15) is 0 Å². The Hall–Kier alpha value is -1.59. The summed E-state index contributed by atoms with van der Waals surface area (Å²) in [7, 11) is 1.86. The predicted molar refractivity (Wildman–Crippen MR) is 112 cm³/mol. The van der Waals surface area contributed by atoms with Crippen LogP contribution in [0.4, 0.5) is 0 Å². The number of benzene rings is 1. The number of aliphatic imine (C=N–C) groups is 1. The van der Waals surface area contributed by atoms with Crippen LogP contribution in [0, 0.1) is 11.3 Å². The second-order valence-corrected chi connectivity index (χ2v) is 8.29. The molecule has 1 saturated carbocycles. The van der Waals surface area contributed by atoms with Gasteiger partial charge in [0.05, 0.1) is 12.1 Å². The quantitative estimate of drug-likeness (QED) is 0.571. The summed E-state index contributed by atoms with van der Waals surface area (Å²) >= 11 is 0. The van der Waals surface area contributed by atoms with Crippen LogP contribution < -0.4 is 10.6 Å². The van der Waals surface area contributed by atoms with E-state index in [1.165, 1.54) is 5.56 Å².